The summed E-state index contributed by atoms with van der Waals surface area (Å²) in [6.45, 7) is 1.30. The average Bonchev–Trinajstić information content (AvgIpc) is 2.18. The molecule has 0 aromatic heterocycles. The van der Waals surface area contributed by atoms with Crippen LogP contribution in [0.2, 0.25) is 0 Å². The molecule has 0 heterocycles. The highest BCUT2D eigenvalue weighted by Crippen LogP contribution is 2.28. The monoisotopic (exact) mass is 216 g/mol. The normalized spacial score (nSPS) is 11.5. The van der Waals surface area contributed by atoms with Crippen molar-refractivity contribution in [3.63, 3.8) is 0 Å². The van der Waals surface area contributed by atoms with E-state index < -0.39 is 5.92 Å². The van der Waals surface area contributed by atoms with Gasteiger partial charge in [0, 0.05) is 25.5 Å². The Bertz CT molecular complexity index is 290. The Hall–Kier alpha value is -1.16. The van der Waals surface area contributed by atoms with Crippen LogP contribution in [0.5, 0.6) is 5.75 Å². The predicted molar refractivity (Wildman–Crippen MR) is 53.2 cm³/mol. The van der Waals surface area contributed by atoms with Gasteiger partial charge in [-0.25, -0.2) is 8.78 Å². The first kappa shape index (κ1) is 11.9. The zero-order chi connectivity index (χ0) is 11.3. The van der Waals surface area contributed by atoms with Crippen molar-refractivity contribution in [3.8, 4) is 5.75 Å². The van der Waals surface area contributed by atoms with Crippen molar-refractivity contribution < 1.29 is 18.6 Å². The summed E-state index contributed by atoms with van der Waals surface area (Å²) in [5, 5.41) is 8.52. The lowest BCUT2D eigenvalue weighted by Gasteiger charge is -2.11. The minimum Gasteiger partial charge on any atom is -0.494 e. The van der Waals surface area contributed by atoms with E-state index in [1.54, 1.807) is 0 Å². The second-order valence-corrected chi connectivity index (χ2v) is 3.34. The molecule has 4 heteroatoms. The second kappa shape index (κ2) is 5.07. The lowest BCUT2D eigenvalue weighted by molar-refractivity contribution is 0.0174. The molecule has 15 heavy (non-hydrogen) atoms. The van der Waals surface area contributed by atoms with Gasteiger partial charge in [0.05, 0.1) is 6.61 Å². The highest BCUT2D eigenvalue weighted by molar-refractivity contribution is 5.29. The Labute approximate surface area is 87.5 Å². The number of ether oxygens (including phenoxy) is 1. The Balaban J connectivity index is 2.57. The number of hydrogen-bond donors (Lipinski definition) is 1. The van der Waals surface area contributed by atoms with E-state index in [0.29, 0.717) is 18.8 Å². The first-order chi connectivity index (χ1) is 7.04. The highest BCUT2D eigenvalue weighted by Gasteiger charge is 2.23. The van der Waals surface area contributed by atoms with Crippen LogP contribution in [0.15, 0.2) is 24.3 Å². The SMILES string of the molecule is CC(F)(F)c1ccc(OCCCO)cc1. The van der Waals surface area contributed by atoms with Crippen molar-refractivity contribution >= 4 is 0 Å². The number of alkyl halides is 2. The molecule has 0 atom stereocenters. The molecular formula is C11H14F2O2. The van der Waals surface area contributed by atoms with E-state index >= 15 is 0 Å². The van der Waals surface area contributed by atoms with E-state index in [0.717, 1.165) is 6.92 Å². The molecule has 1 rings (SSSR count). The molecule has 1 N–H and O–H groups in total. The molecule has 84 valence electrons. The molecule has 0 saturated heterocycles. The molecule has 0 unspecified atom stereocenters. The van der Waals surface area contributed by atoms with Gasteiger partial charge in [0.1, 0.15) is 5.75 Å². The lowest BCUT2D eigenvalue weighted by Crippen LogP contribution is -2.06. The van der Waals surface area contributed by atoms with Crippen LogP contribution in [-0.4, -0.2) is 18.3 Å². The number of aliphatic hydroxyl groups is 1. The molecule has 0 bridgehead atoms. The zero-order valence-corrected chi connectivity index (χ0v) is 8.54. The zero-order valence-electron chi connectivity index (χ0n) is 8.54. The first-order valence-corrected chi connectivity index (χ1v) is 4.76. The lowest BCUT2D eigenvalue weighted by atomic mass is 10.1. The molecule has 1 aromatic rings. The summed E-state index contributed by atoms with van der Waals surface area (Å²) in [4.78, 5) is 0. The third kappa shape index (κ3) is 3.83. The summed E-state index contributed by atoms with van der Waals surface area (Å²) in [7, 11) is 0. The van der Waals surface area contributed by atoms with Gasteiger partial charge >= 0.3 is 0 Å². The fourth-order valence-electron chi connectivity index (χ4n) is 1.10. The summed E-state index contributed by atoms with van der Waals surface area (Å²) < 4.78 is 30.8. The maximum absolute atomic E-state index is 12.8. The first-order valence-electron chi connectivity index (χ1n) is 4.76. The van der Waals surface area contributed by atoms with Crippen molar-refractivity contribution in [1.29, 1.82) is 0 Å². The summed E-state index contributed by atoms with van der Waals surface area (Å²) in [6.07, 6.45) is 0.533. The Morgan fingerprint density at radius 2 is 1.87 bits per heavy atom. The number of hydrogen-bond acceptors (Lipinski definition) is 2. The molecule has 0 aliphatic heterocycles. The van der Waals surface area contributed by atoms with E-state index in [9.17, 15) is 8.78 Å². The molecule has 0 saturated carbocycles. The predicted octanol–water partition coefficient (Wildman–Crippen LogP) is 2.56. The molecule has 1 aromatic carbocycles. The maximum atomic E-state index is 12.8. The Kier molecular flexibility index (Phi) is 4.03. The van der Waals surface area contributed by atoms with Gasteiger partial charge in [-0.05, 0) is 24.3 Å². The Morgan fingerprint density at radius 3 is 2.33 bits per heavy atom. The summed E-state index contributed by atoms with van der Waals surface area (Å²) in [5.41, 5.74) is -0.0305. The number of aliphatic hydroxyl groups excluding tert-OH is 1. The smallest absolute Gasteiger partial charge is 0.270 e. The van der Waals surface area contributed by atoms with Crippen LogP contribution in [0, 0.1) is 0 Å². The van der Waals surface area contributed by atoms with Gasteiger partial charge in [-0.1, -0.05) is 0 Å². The standard InChI is InChI=1S/C11H14F2O2/c1-11(12,13)9-3-5-10(6-4-9)15-8-2-7-14/h3-6,14H,2,7-8H2,1H3. The summed E-state index contributed by atoms with van der Waals surface area (Å²) >= 11 is 0. The van der Waals surface area contributed by atoms with Crippen molar-refractivity contribution in [2.75, 3.05) is 13.2 Å². The molecule has 0 aliphatic carbocycles. The molecule has 0 amide bonds. The molecule has 0 radical (unpaired) electrons. The van der Waals surface area contributed by atoms with Gasteiger partial charge in [0.2, 0.25) is 0 Å². The van der Waals surface area contributed by atoms with Crippen LogP contribution in [-0.2, 0) is 5.92 Å². The van der Waals surface area contributed by atoms with Crippen LogP contribution in [0.25, 0.3) is 0 Å². The topological polar surface area (TPSA) is 29.5 Å². The van der Waals surface area contributed by atoms with Crippen molar-refractivity contribution in [1.82, 2.24) is 0 Å². The van der Waals surface area contributed by atoms with Crippen LogP contribution in [0.3, 0.4) is 0 Å². The van der Waals surface area contributed by atoms with E-state index in [4.69, 9.17) is 9.84 Å². The van der Waals surface area contributed by atoms with Gasteiger partial charge < -0.3 is 9.84 Å². The molecule has 2 nitrogen and oxygen atoms in total. The third-order valence-electron chi connectivity index (χ3n) is 1.93. The van der Waals surface area contributed by atoms with Crippen LogP contribution in [0.4, 0.5) is 8.78 Å². The fraction of sp³-hybridized carbons (Fsp3) is 0.455. The van der Waals surface area contributed by atoms with Crippen LogP contribution < -0.4 is 4.74 Å². The molecule has 0 fully saturated rings. The van der Waals surface area contributed by atoms with Crippen LogP contribution >= 0.6 is 0 Å². The van der Waals surface area contributed by atoms with E-state index in [1.165, 1.54) is 24.3 Å². The minimum absolute atomic E-state index is 0.0305. The summed E-state index contributed by atoms with van der Waals surface area (Å²) in [5.74, 6) is -2.28. The Morgan fingerprint density at radius 1 is 1.27 bits per heavy atom. The van der Waals surface area contributed by atoms with E-state index in [2.05, 4.69) is 0 Å². The van der Waals surface area contributed by atoms with Gasteiger partial charge in [-0.15, -0.1) is 0 Å². The van der Waals surface area contributed by atoms with E-state index in [-0.39, 0.29) is 12.2 Å². The van der Waals surface area contributed by atoms with Crippen molar-refractivity contribution in [2.45, 2.75) is 19.3 Å². The van der Waals surface area contributed by atoms with Gasteiger partial charge in [-0.3, -0.25) is 0 Å². The third-order valence-corrected chi connectivity index (χ3v) is 1.93. The highest BCUT2D eigenvalue weighted by atomic mass is 19.3. The van der Waals surface area contributed by atoms with Gasteiger partial charge in [0.15, 0.2) is 0 Å². The van der Waals surface area contributed by atoms with Crippen molar-refractivity contribution in [2.24, 2.45) is 0 Å². The van der Waals surface area contributed by atoms with Gasteiger partial charge in [-0.2, -0.15) is 0 Å². The molecular weight excluding hydrogens is 202 g/mol. The molecule has 0 aliphatic rings. The maximum Gasteiger partial charge on any atom is 0.270 e. The number of benzene rings is 1. The molecule has 0 spiro atoms. The fourth-order valence-corrected chi connectivity index (χ4v) is 1.10. The second-order valence-electron chi connectivity index (χ2n) is 3.34. The van der Waals surface area contributed by atoms with Gasteiger partial charge in [0.25, 0.3) is 5.92 Å². The van der Waals surface area contributed by atoms with Crippen molar-refractivity contribution in [3.05, 3.63) is 29.8 Å². The minimum atomic E-state index is -2.82. The largest absolute Gasteiger partial charge is 0.494 e. The summed E-state index contributed by atoms with van der Waals surface area (Å²) in [6, 6.07) is 5.69. The number of halogens is 2. The van der Waals surface area contributed by atoms with Crippen LogP contribution in [0.1, 0.15) is 18.9 Å². The number of rotatable bonds is 5. The quantitative estimate of drug-likeness (QED) is 0.766. The van der Waals surface area contributed by atoms with E-state index in [1.807, 2.05) is 0 Å². The average molecular weight is 216 g/mol.